The molecule has 2 aromatic carbocycles. The van der Waals surface area contributed by atoms with Crippen molar-refractivity contribution in [1.82, 2.24) is 0 Å². The van der Waals surface area contributed by atoms with Crippen LogP contribution in [0.5, 0.6) is 5.75 Å². The molecule has 0 fully saturated rings. The summed E-state index contributed by atoms with van der Waals surface area (Å²) in [6.07, 6.45) is 4.44. The number of fused-ring (bicyclic) bond motifs is 1. The minimum absolute atomic E-state index is 0.0374. The standard InChI is InChI=1S/C16H20OS.CHF3O3S/c1-16(2,3)12-9-10-14(18(4)5)11-7-6-8-13(17)15(11)12;2-1(3,4)8(5,6)7/h6-10H,1-5H3;(H,5,6,7). The fraction of sp³-hybridized carbons (Fsp3) is 0.412. The lowest BCUT2D eigenvalue weighted by molar-refractivity contribution is -0.0517. The Bertz CT molecular complexity index is 883. The summed E-state index contributed by atoms with van der Waals surface area (Å²) >= 11 is 0. The van der Waals surface area contributed by atoms with Gasteiger partial charge in [-0.05, 0) is 29.2 Å². The van der Waals surface area contributed by atoms with Gasteiger partial charge in [-0.25, -0.2) is 8.42 Å². The van der Waals surface area contributed by atoms with Gasteiger partial charge < -0.3 is 9.66 Å². The second kappa shape index (κ2) is 7.66. The van der Waals surface area contributed by atoms with E-state index in [1.165, 1.54) is 15.8 Å². The van der Waals surface area contributed by atoms with E-state index in [0.29, 0.717) is 5.75 Å². The normalized spacial score (nSPS) is 12.8. The maximum atomic E-state index is 10.7. The average Bonchev–Trinajstić information content (AvgIpc) is 2.43. The Kier molecular flexibility index (Phi) is 6.65. The van der Waals surface area contributed by atoms with E-state index >= 15 is 0 Å². The molecule has 146 valence electrons. The van der Waals surface area contributed by atoms with Crippen LogP contribution < -0.4 is 0 Å². The molecule has 2 aromatic rings. The lowest BCUT2D eigenvalue weighted by Crippen LogP contribution is -2.21. The number of hydrogen-bond acceptors (Lipinski definition) is 4. The lowest BCUT2D eigenvalue weighted by Gasteiger charge is -2.22. The molecule has 0 unspecified atom stereocenters. The predicted octanol–water partition coefficient (Wildman–Crippen LogP) is 4.13. The average molecular weight is 410 g/mol. The van der Waals surface area contributed by atoms with Crippen LogP contribution >= 0.6 is 0 Å². The monoisotopic (exact) mass is 410 g/mol. The van der Waals surface area contributed by atoms with Crippen LogP contribution in [0.15, 0.2) is 35.2 Å². The highest BCUT2D eigenvalue weighted by atomic mass is 32.2. The van der Waals surface area contributed by atoms with Crippen LogP contribution in [-0.4, -0.2) is 36.1 Å². The topological polar surface area (TPSA) is 77.4 Å². The zero-order valence-electron chi connectivity index (χ0n) is 15.0. The predicted molar refractivity (Wildman–Crippen MR) is 97.5 cm³/mol. The van der Waals surface area contributed by atoms with Gasteiger partial charge in [0.2, 0.25) is 0 Å². The summed E-state index contributed by atoms with van der Waals surface area (Å²) in [4.78, 5) is 1.33. The van der Waals surface area contributed by atoms with Gasteiger partial charge in [-0.2, -0.15) is 13.2 Å². The molecule has 0 saturated heterocycles. The van der Waals surface area contributed by atoms with Crippen molar-refractivity contribution in [2.45, 2.75) is 36.6 Å². The van der Waals surface area contributed by atoms with Crippen molar-refractivity contribution in [3.8, 4) is 5.75 Å². The van der Waals surface area contributed by atoms with E-state index in [4.69, 9.17) is 13.0 Å². The van der Waals surface area contributed by atoms with E-state index in [9.17, 15) is 18.3 Å². The first kappa shape index (κ1) is 22.6. The Balaban J connectivity index is 0.000000359. The molecule has 2 rings (SSSR count). The molecule has 26 heavy (non-hydrogen) atoms. The van der Waals surface area contributed by atoms with Crippen molar-refractivity contribution < 1.29 is 31.2 Å². The van der Waals surface area contributed by atoms with E-state index in [1.807, 2.05) is 6.07 Å². The van der Waals surface area contributed by atoms with Gasteiger partial charge >= 0.3 is 5.51 Å². The Hall–Kier alpha value is -1.45. The first-order valence-electron chi connectivity index (χ1n) is 7.42. The number of phenolic OH excluding ortho intramolecular Hbond substituents is 1. The summed E-state index contributed by atoms with van der Waals surface area (Å²) in [6.45, 7) is 6.56. The highest BCUT2D eigenvalue weighted by molar-refractivity contribution is 7.95. The highest BCUT2D eigenvalue weighted by Gasteiger charge is 2.36. The number of phenols is 1. The van der Waals surface area contributed by atoms with Crippen LogP contribution in [0.4, 0.5) is 13.2 Å². The van der Waals surface area contributed by atoms with Crippen molar-refractivity contribution in [3.05, 3.63) is 35.9 Å². The third-order valence-corrected chi connectivity index (χ3v) is 5.31. The molecular formula is C17H21F3O4S2. The Labute approximate surface area is 154 Å². The van der Waals surface area contributed by atoms with Gasteiger partial charge in [0.1, 0.15) is 18.3 Å². The quantitative estimate of drug-likeness (QED) is 0.436. The second-order valence-electron chi connectivity index (χ2n) is 6.78. The van der Waals surface area contributed by atoms with Gasteiger partial charge in [0.15, 0.2) is 15.0 Å². The molecule has 0 aliphatic carbocycles. The maximum Gasteiger partial charge on any atom is 0.485 e. The lowest BCUT2D eigenvalue weighted by atomic mass is 9.83. The first-order valence-corrected chi connectivity index (χ1v) is 10.9. The SMILES string of the molecule is C[S+](C)c1ccc(C(C)(C)C)c2c(O)cccc12.O=S(=O)([O-])C(F)(F)F. The summed E-state index contributed by atoms with van der Waals surface area (Å²) < 4.78 is 58.9. The summed E-state index contributed by atoms with van der Waals surface area (Å²) in [5.41, 5.74) is -4.40. The zero-order chi connectivity index (χ0) is 20.5. The minimum Gasteiger partial charge on any atom is -0.741 e. The van der Waals surface area contributed by atoms with Crippen molar-refractivity contribution in [2.75, 3.05) is 12.5 Å². The van der Waals surface area contributed by atoms with Crippen LogP contribution in [0.25, 0.3) is 10.8 Å². The molecular weight excluding hydrogens is 389 g/mol. The Morgan fingerprint density at radius 2 is 1.54 bits per heavy atom. The van der Waals surface area contributed by atoms with Gasteiger partial charge in [-0.15, -0.1) is 0 Å². The van der Waals surface area contributed by atoms with E-state index in [0.717, 1.165) is 5.39 Å². The molecule has 0 saturated carbocycles. The van der Waals surface area contributed by atoms with Crippen LogP contribution in [0.1, 0.15) is 26.3 Å². The van der Waals surface area contributed by atoms with Gasteiger partial charge in [0, 0.05) is 21.7 Å². The van der Waals surface area contributed by atoms with Crippen molar-refractivity contribution in [3.63, 3.8) is 0 Å². The summed E-state index contributed by atoms with van der Waals surface area (Å²) in [5.74, 6) is 0.393. The second-order valence-corrected chi connectivity index (χ2v) is 10.2. The molecule has 9 heteroatoms. The minimum atomic E-state index is -6.09. The van der Waals surface area contributed by atoms with Gasteiger partial charge in [0.05, 0.1) is 0 Å². The maximum absolute atomic E-state index is 10.7. The summed E-state index contributed by atoms with van der Waals surface area (Å²) in [6, 6.07) is 10.2. The number of halogens is 3. The number of alkyl halides is 3. The van der Waals surface area contributed by atoms with Crippen LogP contribution in [-0.2, 0) is 26.4 Å². The van der Waals surface area contributed by atoms with Crippen molar-refractivity contribution >= 4 is 31.8 Å². The molecule has 0 amide bonds. The molecule has 4 nitrogen and oxygen atoms in total. The van der Waals surface area contributed by atoms with E-state index in [2.05, 4.69) is 51.5 Å². The van der Waals surface area contributed by atoms with Crippen molar-refractivity contribution in [1.29, 1.82) is 0 Å². The van der Waals surface area contributed by atoms with Gasteiger partial charge in [-0.1, -0.05) is 32.9 Å². The largest absolute Gasteiger partial charge is 0.741 e. The molecule has 0 aliphatic heterocycles. The van der Waals surface area contributed by atoms with Crippen molar-refractivity contribution in [2.24, 2.45) is 0 Å². The Morgan fingerprint density at radius 1 is 1.04 bits per heavy atom. The molecule has 0 aliphatic rings. The summed E-state index contributed by atoms with van der Waals surface area (Å²) in [5, 5.41) is 12.4. The zero-order valence-corrected chi connectivity index (χ0v) is 16.6. The third kappa shape index (κ3) is 5.28. The molecule has 0 spiro atoms. The van der Waals surface area contributed by atoms with E-state index in [1.54, 1.807) is 6.07 Å². The van der Waals surface area contributed by atoms with Gasteiger partial charge in [0.25, 0.3) is 0 Å². The molecule has 0 aromatic heterocycles. The number of hydrogen-bond donors (Lipinski definition) is 1. The van der Waals surface area contributed by atoms with E-state index in [-0.39, 0.29) is 16.3 Å². The number of aromatic hydroxyl groups is 1. The third-order valence-electron chi connectivity index (χ3n) is 3.51. The van der Waals surface area contributed by atoms with Crippen LogP contribution in [0.2, 0.25) is 0 Å². The smallest absolute Gasteiger partial charge is 0.485 e. The molecule has 0 radical (unpaired) electrons. The molecule has 1 N–H and O–H groups in total. The molecule has 0 atom stereocenters. The number of benzene rings is 2. The first-order chi connectivity index (χ1) is 11.6. The molecule has 0 heterocycles. The fourth-order valence-electron chi connectivity index (χ4n) is 2.34. The molecule has 0 bridgehead atoms. The Morgan fingerprint density at radius 3 is 1.92 bits per heavy atom. The van der Waals surface area contributed by atoms with Gasteiger partial charge in [-0.3, -0.25) is 0 Å². The highest BCUT2D eigenvalue weighted by Crippen LogP contribution is 2.38. The number of rotatable bonds is 1. The summed E-state index contributed by atoms with van der Waals surface area (Å²) in [7, 11) is -5.90. The van der Waals surface area contributed by atoms with Crippen LogP contribution in [0, 0.1) is 0 Å². The van der Waals surface area contributed by atoms with Crippen LogP contribution in [0.3, 0.4) is 0 Å². The van der Waals surface area contributed by atoms with E-state index < -0.39 is 15.6 Å². The fourth-order valence-corrected chi connectivity index (χ4v) is 3.29.